The number of anilines is 2. The number of para-hydroxylation sites is 2. The molecule has 0 aliphatic rings. The average Bonchev–Trinajstić information content (AvgIpc) is 2.73. The van der Waals surface area contributed by atoms with Gasteiger partial charge in [0, 0.05) is 16.8 Å². The fraction of sp³-hybridized carbons (Fsp3) is 0.0909. The summed E-state index contributed by atoms with van der Waals surface area (Å²) in [5.41, 5.74) is 7.35. The fourth-order valence-electron chi connectivity index (χ4n) is 2.94. The van der Waals surface area contributed by atoms with Crippen molar-refractivity contribution in [1.82, 2.24) is 0 Å². The quantitative estimate of drug-likeness (QED) is 0.521. The van der Waals surface area contributed by atoms with Crippen LogP contribution in [0.3, 0.4) is 0 Å². The lowest BCUT2D eigenvalue weighted by Crippen LogP contribution is -2.16. The van der Waals surface area contributed by atoms with Gasteiger partial charge in [0.25, 0.3) is 15.9 Å². The minimum atomic E-state index is -3.87. The molecule has 0 radical (unpaired) electrons. The second-order valence-corrected chi connectivity index (χ2v) is 8.36. The van der Waals surface area contributed by atoms with Crippen LogP contribution in [0, 0.1) is 6.92 Å². The molecule has 0 saturated heterocycles. The highest BCUT2D eigenvalue weighted by molar-refractivity contribution is 7.92. The van der Waals surface area contributed by atoms with Gasteiger partial charge in [-0.25, -0.2) is 8.42 Å². The molecule has 0 unspecified atom stereocenters. The van der Waals surface area contributed by atoms with Gasteiger partial charge in [-0.1, -0.05) is 12.1 Å². The first-order chi connectivity index (χ1) is 14.7. The van der Waals surface area contributed by atoms with Crippen molar-refractivity contribution in [2.75, 3.05) is 17.1 Å². The first-order valence-electron chi connectivity index (χ1n) is 9.19. The summed E-state index contributed by atoms with van der Waals surface area (Å²) in [7, 11) is -2.42. The number of rotatable bonds is 7. The maximum absolute atomic E-state index is 12.7. The van der Waals surface area contributed by atoms with Gasteiger partial charge >= 0.3 is 0 Å². The van der Waals surface area contributed by atoms with E-state index in [2.05, 4.69) is 10.0 Å². The van der Waals surface area contributed by atoms with Crippen molar-refractivity contribution in [2.24, 2.45) is 5.73 Å². The van der Waals surface area contributed by atoms with E-state index in [1.807, 2.05) is 0 Å². The van der Waals surface area contributed by atoms with Gasteiger partial charge in [-0.2, -0.15) is 0 Å². The molecular weight excluding hydrogens is 418 g/mol. The Morgan fingerprint density at radius 3 is 2.26 bits per heavy atom. The maximum atomic E-state index is 12.7. The van der Waals surface area contributed by atoms with Gasteiger partial charge in [-0.15, -0.1) is 0 Å². The van der Waals surface area contributed by atoms with E-state index in [4.69, 9.17) is 10.5 Å². The van der Waals surface area contributed by atoms with Crippen LogP contribution in [0.4, 0.5) is 11.4 Å². The smallest absolute Gasteiger partial charge is 0.262 e. The van der Waals surface area contributed by atoms with E-state index in [9.17, 15) is 18.0 Å². The van der Waals surface area contributed by atoms with Crippen molar-refractivity contribution < 1.29 is 22.7 Å². The van der Waals surface area contributed by atoms with Crippen molar-refractivity contribution in [3.8, 4) is 5.75 Å². The summed E-state index contributed by atoms with van der Waals surface area (Å²) in [6.07, 6.45) is 0. The minimum absolute atomic E-state index is 0.00314. The van der Waals surface area contributed by atoms with Crippen LogP contribution < -0.4 is 20.5 Å². The molecule has 8 nitrogen and oxygen atoms in total. The summed E-state index contributed by atoms with van der Waals surface area (Å²) in [5, 5.41) is 2.71. The molecule has 0 aliphatic heterocycles. The normalized spacial score (nSPS) is 10.9. The van der Waals surface area contributed by atoms with E-state index in [0.717, 1.165) is 0 Å². The number of benzene rings is 3. The molecule has 0 saturated carbocycles. The predicted molar refractivity (Wildman–Crippen MR) is 118 cm³/mol. The largest absolute Gasteiger partial charge is 0.495 e. The summed E-state index contributed by atoms with van der Waals surface area (Å²) < 4.78 is 33.0. The van der Waals surface area contributed by atoms with Crippen molar-refractivity contribution in [3.63, 3.8) is 0 Å². The molecule has 4 N–H and O–H groups in total. The summed E-state index contributed by atoms with van der Waals surface area (Å²) in [6.45, 7) is 1.71. The Morgan fingerprint density at radius 2 is 1.65 bits per heavy atom. The molecule has 0 fully saturated rings. The average molecular weight is 439 g/mol. The van der Waals surface area contributed by atoms with Crippen LogP contribution in [-0.4, -0.2) is 27.3 Å². The monoisotopic (exact) mass is 439 g/mol. The molecular formula is C22H21N3O5S. The number of sulfonamides is 1. The first kappa shape index (κ1) is 21.8. The van der Waals surface area contributed by atoms with Crippen LogP contribution in [0.5, 0.6) is 5.75 Å². The molecule has 160 valence electrons. The third-order valence-corrected chi connectivity index (χ3v) is 5.91. The van der Waals surface area contributed by atoms with E-state index in [1.165, 1.54) is 37.4 Å². The van der Waals surface area contributed by atoms with Crippen LogP contribution >= 0.6 is 0 Å². The Hall–Kier alpha value is -3.85. The Morgan fingerprint density at radius 1 is 0.968 bits per heavy atom. The van der Waals surface area contributed by atoms with Crippen LogP contribution in [-0.2, 0) is 10.0 Å². The van der Waals surface area contributed by atoms with Gasteiger partial charge in [-0.05, 0) is 67.1 Å². The zero-order valence-electron chi connectivity index (χ0n) is 16.9. The third kappa shape index (κ3) is 5.01. The topological polar surface area (TPSA) is 128 Å². The Balaban J connectivity index is 1.75. The molecule has 3 aromatic rings. The van der Waals surface area contributed by atoms with E-state index in [1.54, 1.807) is 43.3 Å². The van der Waals surface area contributed by atoms with Gasteiger partial charge < -0.3 is 15.8 Å². The van der Waals surface area contributed by atoms with Crippen molar-refractivity contribution in [2.45, 2.75) is 11.8 Å². The summed E-state index contributed by atoms with van der Waals surface area (Å²) in [6, 6.07) is 16.9. The molecule has 0 heterocycles. The first-order valence-corrected chi connectivity index (χ1v) is 10.7. The highest BCUT2D eigenvalue weighted by atomic mass is 32.2. The lowest BCUT2D eigenvalue weighted by molar-refractivity contribution is 0.0997. The summed E-state index contributed by atoms with van der Waals surface area (Å²) in [4.78, 5) is 23.8. The molecule has 3 rings (SSSR count). The molecule has 9 heteroatoms. The number of methoxy groups -OCH3 is 1. The zero-order chi connectivity index (χ0) is 22.6. The SMILES string of the molecule is COc1ccccc1NS(=O)(=O)c1ccc(C(=O)Nc2ccc(C(N)=O)c(C)c2)cc1. The maximum Gasteiger partial charge on any atom is 0.262 e. The van der Waals surface area contributed by atoms with Crippen molar-refractivity contribution in [1.29, 1.82) is 0 Å². The number of carbonyl (C=O) groups excluding carboxylic acids is 2. The number of aryl methyl sites for hydroxylation is 1. The molecule has 2 amide bonds. The second kappa shape index (κ2) is 8.88. The van der Waals surface area contributed by atoms with Crippen molar-refractivity contribution in [3.05, 3.63) is 83.4 Å². The second-order valence-electron chi connectivity index (χ2n) is 6.68. The standard InChI is InChI=1S/C22H21N3O5S/c1-14-13-16(9-12-18(14)21(23)26)24-22(27)15-7-10-17(11-8-15)31(28,29)25-19-5-3-4-6-20(19)30-2/h3-13,25H,1-2H3,(H2,23,26)(H,24,27). The number of nitrogens with one attached hydrogen (secondary N) is 2. The third-order valence-electron chi connectivity index (χ3n) is 4.53. The van der Waals surface area contributed by atoms with Gasteiger partial charge in [-0.3, -0.25) is 14.3 Å². The van der Waals surface area contributed by atoms with Crippen LogP contribution in [0.15, 0.2) is 71.6 Å². The van der Waals surface area contributed by atoms with Gasteiger partial charge in [0.05, 0.1) is 17.7 Å². The van der Waals surface area contributed by atoms with Crippen LogP contribution in [0.2, 0.25) is 0 Å². The number of hydrogen-bond donors (Lipinski definition) is 3. The number of hydrogen-bond acceptors (Lipinski definition) is 5. The lowest BCUT2D eigenvalue weighted by Gasteiger charge is -2.12. The highest BCUT2D eigenvalue weighted by Crippen LogP contribution is 2.26. The Labute approximate surface area is 180 Å². The number of carbonyl (C=O) groups is 2. The van der Waals surface area contributed by atoms with E-state index >= 15 is 0 Å². The summed E-state index contributed by atoms with van der Waals surface area (Å²) in [5.74, 6) is -0.582. The van der Waals surface area contributed by atoms with Gasteiger partial charge in [0.2, 0.25) is 5.91 Å². The highest BCUT2D eigenvalue weighted by Gasteiger charge is 2.17. The van der Waals surface area contributed by atoms with Gasteiger partial charge in [0.1, 0.15) is 5.75 Å². The van der Waals surface area contributed by atoms with E-state index in [-0.39, 0.29) is 10.5 Å². The Bertz CT molecular complexity index is 1240. The molecule has 31 heavy (non-hydrogen) atoms. The molecule has 0 bridgehead atoms. The van der Waals surface area contributed by atoms with Crippen LogP contribution in [0.1, 0.15) is 26.3 Å². The lowest BCUT2D eigenvalue weighted by atomic mass is 10.1. The number of nitrogens with two attached hydrogens (primary N) is 1. The van der Waals surface area contributed by atoms with Gasteiger partial charge in [0.15, 0.2) is 0 Å². The van der Waals surface area contributed by atoms with E-state index < -0.39 is 21.8 Å². The fourth-order valence-corrected chi connectivity index (χ4v) is 4.01. The number of amides is 2. The predicted octanol–water partition coefficient (Wildman–Crippen LogP) is 3.16. The molecule has 0 atom stereocenters. The van der Waals surface area contributed by atoms with Crippen LogP contribution in [0.25, 0.3) is 0 Å². The molecule has 3 aromatic carbocycles. The minimum Gasteiger partial charge on any atom is -0.495 e. The zero-order valence-corrected chi connectivity index (χ0v) is 17.7. The summed E-state index contributed by atoms with van der Waals surface area (Å²) >= 11 is 0. The van der Waals surface area contributed by atoms with Crippen molar-refractivity contribution >= 4 is 33.2 Å². The number of primary amides is 1. The Kier molecular flexibility index (Phi) is 6.26. The van der Waals surface area contributed by atoms with E-state index in [0.29, 0.717) is 28.3 Å². The number of ether oxygens (including phenoxy) is 1. The molecule has 0 spiro atoms. The molecule has 0 aromatic heterocycles. The molecule has 0 aliphatic carbocycles.